The van der Waals surface area contributed by atoms with E-state index in [1.54, 1.807) is 17.0 Å². The van der Waals surface area contributed by atoms with Crippen molar-refractivity contribution in [3.05, 3.63) is 77.2 Å². The SMILES string of the molecule is C.NCC(C(=O)N1Cc2[nH]nc(-c3ccc(F)cc3)c2C1)c1ccccc1. The van der Waals surface area contributed by atoms with E-state index >= 15 is 0 Å². The number of rotatable bonds is 4. The molecule has 0 aliphatic carbocycles. The summed E-state index contributed by atoms with van der Waals surface area (Å²) in [6, 6.07) is 15.8. The lowest BCUT2D eigenvalue weighted by Crippen LogP contribution is -2.34. The summed E-state index contributed by atoms with van der Waals surface area (Å²) in [6.45, 7) is 1.21. The quantitative estimate of drug-likeness (QED) is 0.743. The van der Waals surface area contributed by atoms with E-state index in [-0.39, 0.29) is 31.6 Å². The smallest absolute Gasteiger partial charge is 0.232 e. The highest BCUT2D eigenvalue weighted by Gasteiger charge is 2.32. The molecule has 1 amide bonds. The largest absolute Gasteiger partial charge is 0.332 e. The number of benzene rings is 2. The van der Waals surface area contributed by atoms with Crippen LogP contribution in [0.2, 0.25) is 0 Å². The monoisotopic (exact) mass is 366 g/mol. The predicted octanol–water partition coefficient (Wildman–Crippen LogP) is 3.44. The molecule has 0 saturated heterocycles. The second-order valence-corrected chi connectivity index (χ2v) is 6.43. The lowest BCUT2D eigenvalue weighted by molar-refractivity contribution is -0.133. The van der Waals surface area contributed by atoms with Crippen molar-refractivity contribution in [1.82, 2.24) is 15.1 Å². The van der Waals surface area contributed by atoms with Crippen LogP contribution in [0.3, 0.4) is 0 Å². The molecule has 5 nitrogen and oxygen atoms in total. The molecule has 1 aliphatic heterocycles. The first-order chi connectivity index (χ1) is 12.7. The molecular weight excluding hydrogens is 343 g/mol. The van der Waals surface area contributed by atoms with E-state index in [2.05, 4.69) is 10.2 Å². The van der Waals surface area contributed by atoms with Crippen LogP contribution in [0.15, 0.2) is 54.6 Å². The minimum atomic E-state index is -0.359. The highest BCUT2D eigenvalue weighted by Crippen LogP contribution is 2.32. The zero-order valence-electron chi connectivity index (χ0n) is 14.2. The van der Waals surface area contributed by atoms with Gasteiger partial charge in [-0.2, -0.15) is 5.10 Å². The Bertz CT molecular complexity index is 921. The van der Waals surface area contributed by atoms with Crippen molar-refractivity contribution in [1.29, 1.82) is 0 Å². The average Bonchev–Trinajstić information content (AvgIpc) is 3.25. The second kappa shape index (κ2) is 7.72. The minimum absolute atomic E-state index is 0. The van der Waals surface area contributed by atoms with Crippen molar-refractivity contribution in [3.8, 4) is 11.3 Å². The van der Waals surface area contributed by atoms with E-state index in [0.717, 1.165) is 28.1 Å². The van der Waals surface area contributed by atoms with Crippen molar-refractivity contribution in [3.63, 3.8) is 0 Å². The van der Waals surface area contributed by atoms with Crippen LogP contribution in [0.5, 0.6) is 0 Å². The van der Waals surface area contributed by atoms with Crippen LogP contribution in [0.4, 0.5) is 4.39 Å². The van der Waals surface area contributed by atoms with Gasteiger partial charge in [0.1, 0.15) is 5.82 Å². The molecule has 0 bridgehead atoms. The molecule has 2 heterocycles. The molecule has 27 heavy (non-hydrogen) atoms. The second-order valence-electron chi connectivity index (χ2n) is 6.43. The van der Waals surface area contributed by atoms with Gasteiger partial charge in [0.2, 0.25) is 5.91 Å². The molecule has 1 atom stereocenters. The molecule has 0 radical (unpaired) electrons. The van der Waals surface area contributed by atoms with Gasteiger partial charge < -0.3 is 10.6 Å². The number of fused-ring (bicyclic) bond motifs is 1. The normalized spacial score (nSPS) is 13.8. The van der Waals surface area contributed by atoms with Gasteiger partial charge >= 0.3 is 0 Å². The Hall–Kier alpha value is -2.99. The number of H-pyrrole nitrogens is 1. The first-order valence-corrected chi connectivity index (χ1v) is 8.53. The average molecular weight is 366 g/mol. The fourth-order valence-electron chi connectivity index (χ4n) is 3.43. The van der Waals surface area contributed by atoms with Crippen molar-refractivity contribution in [2.75, 3.05) is 6.54 Å². The van der Waals surface area contributed by atoms with E-state index in [1.165, 1.54) is 12.1 Å². The van der Waals surface area contributed by atoms with Crippen LogP contribution < -0.4 is 5.73 Å². The molecular formula is C21H23FN4O. The standard InChI is InChI=1S/C20H19FN4O.CH4/c21-15-8-6-14(7-9-15)19-17-11-25(12-18(17)23-24-19)20(26)16(10-22)13-4-2-1-3-5-13;/h1-9,16H,10-12,22H2,(H,23,24);1H4. The first kappa shape index (κ1) is 18.8. The third-order valence-electron chi connectivity index (χ3n) is 4.82. The maximum atomic E-state index is 13.2. The number of carbonyl (C=O) groups is 1. The van der Waals surface area contributed by atoms with E-state index in [0.29, 0.717) is 13.1 Å². The third-order valence-corrected chi connectivity index (χ3v) is 4.82. The van der Waals surface area contributed by atoms with Crippen molar-refractivity contribution in [2.24, 2.45) is 5.73 Å². The van der Waals surface area contributed by atoms with E-state index < -0.39 is 0 Å². The summed E-state index contributed by atoms with van der Waals surface area (Å²) >= 11 is 0. The number of aromatic amines is 1. The number of hydrogen-bond acceptors (Lipinski definition) is 3. The van der Waals surface area contributed by atoms with E-state index in [4.69, 9.17) is 5.73 Å². The van der Waals surface area contributed by atoms with Gasteiger partial charge in [-0.05, 0) is 29.8 Å². The molecule has 0 saturated carbocycles. The maximum absolute atomic E-state index is 13.2. The molecule has 1 aromatic heterocycles. The van der Waals surface area contributed by atoms with Gasteiger partial charge in [0.15, 0.2) is 0 Å². The molecule has 0 spiro atoms. The van der Waals surface area contributed by atoms with Crippen molar-refractivity contribution >= 4 is 5.91 Å². The van der Waals surface area contributed by atoms with Crippen molar-refractivity contribution in [2.45, 2.75) is 26.4 Å². The molecule has 3 N–H and O–H groups in total. The summed E-state index contributed by atoms with van der Waals surface area (Å²) in [6.07, 6.45) is 0. The van der Waals surface area contributed by atoms with Crippen molar-refractivity contribution < 1.29 is 9.18 Å². The number of hydrogen-bond donors (Lipinski definition) is 2. The molecule has 2 aromatic carbocycles. The zero-order valence-corrected chi connectivity index (χ0v) is 14.2. The van der Waals surface area contributed by atoms with Gasteiger partial charge in [0, 0.05) is 17.7 Å². The lowest BCUT2D eigenvalue weighted by atomic mass is 9.98. The maximum Gasteiger partial charge on any atom is 0.232 e. The molecule has 3 aromatic rings. The van der Waals surface area contributed by atoms with Crippen LogP contribution in [0, 0.1) is 5.82 Å². The van der Waals surface area contributed by atoms with Gasteiger partial charge in [-0.25, -0.2) is 4.39 Å². The Morgan fingerprint density at radius 3 is 2.52 bits per heavy atom. The van der Waals surface area contributed by atoms with Gasteiger partial charge in [0.05, 0.1) is 30.4 Å². The molecule has 1 aliphatic rings. The Kier molecular flexibility index (Phi) is 5.37. The van der Waals surface area contributed by atoms with Gasteiger partial charge in [-0.3, -0.25) is 9.89 Å². The summed E-state index contributed by atoms with van der Waals surface area (Å²) < 4.78 is 13.2. The van der Waals surface area contributed by atoms with Gasteiger partial charge in [-0.1, -0.05) is 37.8 Å². The molecule has 4 rings (SSSR count). The highest BCUT2D eigenvalue weighted by atomic mass is 19.1. The lowest BCUT2D eigenvalue weighted by Gasteiger charge is -2.22. The predicted molar refractivity (Wildman–Crippen MR) is 103 cm³/mol. The Balaban J connectivity index is 0.00000210. The number of nitrogens with zero attached hydrogens (tertiary/aromatic N) is 2. The number of carbonyl (C=O) groups excluding carboxylic acids is 1. The van der Waals surface area contributed by atoms with Crippen LogP contribution >= 0.6 is 0 Å². The molecule has 140 valence electrons. The Morgan fingerprint density at radius 1 is 1.15 bits per heavy atom. The number of amides is 1. The fourth-order valence-corrected chi connectivity index (χ4v) is 3.43. The summed E-state index contributed by atoms with van der Waals surface area (Å²) in [5, 5.41) is 7.36. The van der Waals surface area contributed by atoms with Crippen LogP contribution in [-0.2, 0) is 17.9 Å². The van der Waals surface area contributed by atoms with Crippen LogP contribution in [0.25, 0.3) is 11.3 Å². The van der Waals surface area contributed by atoms with E-state index in [9.17, 15) is 9.18 Å². The Labute approximate surface area is 158 Å². The van der Waals surface area contributed by atoms with E-state index in [1.807, 2.05) is 30.3 Å². The molecule has 0 fully saturated rings. The topological polar surface area (TPSA) is 75.0 Å². The number of halogens is 1. The first-order valence-electron chi connectivity index (χ1n) is 8.53. The minimum Gasteiger partial charge on any atom is -0.332 e. The highest BCUT2D eigenvalue weighted by molar-refractivity contribution is 5.85. The summed E-state index contributed by atoms with van der Waals surface area (Å²) in [5.74, 6) is -0.637. The van der Waals surface area contributed by atoms with Crippen LogP contribution in [0.1, 0.15) is 30.2 Å². The number of nitrogens with two attached hydrogens (primary N) is 1. The summed E-state index contributed by atoms with van der Waals surface area (Å²) in [7, 11) is 0. The summed E-state index contributed by atoms with van der Waals surface area (Å²) in [4.78, 5) is 14.8. The molecule has 6 heteroatoms. The number of nitrogens with one attached hydrogen (secondary N) is 1. The zero-order chi connectivity index (χ0) is 18.1. The number of aromatic nitrogens is 2. The third kappa shape index (κ3) is 3.48. The Morgan fingerprint density at radius 2 is 1.85 bits per heavy atom. The summed E-state index contributed by atoms with van der Waals surface area (Å²) in [5.41, 5.74) is 10.3. The fraction of sp³-hybridized carbons (Fsp3) is 0.238. The van der Waals surface area contributed by atoms with Crippen LogP contribution in [-0.4, -0.2) is 27.5 Å². The van der Waals surface area contributed by atoms with Gasteiger partial charge in [-0.15, -0.1) is 0 Å². The van der Waals surface area contributed by atoms with Gasteiger partial charge in [0.25, 0.3) is 0 Å². The molecule has 1 unspecified atom stereocenters.